The fourth-order valence-electron chi connectivity index (χ4n) is 4.49. The summed E-state index contributed by atoms with van der Waals surface area (Å²) >= 11 is 0. The lowest BCUT2D eigenvalue weighted by Crippen LogP contribution is -2.18. The first-order valence-electron chi connectivity index (χ1n) is 11.1. The van der Waals surface area contributed by atoms with E-state index >= 15 is 0 Å². The van der Waals surface area contributed by atoms with E-state index in [9.17, 15) is 14.7 Å². The molecule has 176 valence electrons. The van der Waals surface area contributed by atoms with Crippen LogP contribution in [0.4, 0.5) is 0 Å². The van der Waals surface area contributed by atoms with Gasteiger partial charge in [-0.15, -0.1) is 0 Å². The van der Waals surface area contributed by atoms with Gasteiger partial charge in [0.25, 0.3) is 0 Å². The maximum Gasteiger partial charge on any atom is 0.356 e. The van der Waals surface area contributed by atoms with Crippen LogP contribution in [-0.4, -0.2) is 43.9 Å². The van der Waals surface area contributed by atoms with E-state index < -0.39 is 12.2 Å². The number of benzene rings is 1. The van der Waals surface area contributed by atoms with Crippen molar-refractivity contribution >= 4 is 11.9 Å². The molecule has 1 N–H and O–H groups in total. The quantitative estimate of drug-likeness (QED) is 0.522. The number of fused-ring (bicyclic) bond motifs is 3. The van der Waals surface area contributed by atoms with E-state index in [1.165, 1.54) is 13.4 Å². The van der Waals surface area contributed by atoms with Crippen LogP contribution >= 0.6 is 0 Å². The Morgan fingerprint density at radius 3 is 2.83 bits per heavy atom. The third-order valence-electron chi connectivity index (χ3n) is 6.06. The molecule has 0 amide bonds. The molecule has 0 aliphatic heterocycles. The van der Waals surface area contributed by atoms with Crippen LogP contribution < -0.4 is 4.74 Å². The molecule has 9 heteroatoms. The zero-order chi connectivity index (χ0) is 24.4. The second kappa shape index (κ2) is 9.50. The van der Waals surface area contributed by atoms with Gasteiger partial charge in [0.2, 0.25) is 0 Å². The van der Waals surface area contributed by atoms with Gasteiger partial charge in [0.15, 0.2) is 11.9 Å². The van der Waals surface area contributed by atoms with Crippen LogP contribution in [0.25, 0.3) is 11.3 Å². The standard InChI is InChI=1S/C26H22N4O5/c1-34-25(19-4-2-3-16(9-19)13-31)30-24-21-8-6-20(35-14-17-11-27-15-28-12-17)10-18(21)5-7-22(24)23(29-30)26(32)33/h2,4,6,8-12,15,25H,3,5,7,14H2,1H3,(H,32,33). The molecule has 1 aromatic carbocycles. The summed E-state index contributed by atoms with van der Waals surface area (Å²) < 4.78 is 13.3. The van der Waals surface area contributed by atoms with Crippen molar-refractivity contribution in [3.8, 4) is 17.0 Å². The zero-order valence-corrected chi connectivity index (χ0v) is 19.0. The Hall–Kier alpha value is -4.33. The summed E-state index contributed by atoms with van der Waals surface area (Å²) in [5.41, 5.74) is 5.29. The lowest BCUT2D eigenvalue weighted by Gasteiger charge is -2.25. The molecule has 0 radical (unpaired) electrons. The largest absolute Gasteiger partial charge is 0.489 e. The summed E-state index contributed by atoms with van der Waals surface area (Å²) in [6, 6.07) is 5.74. The third kappa shape index (κ3) is 4.30. The van der Waals surface area contributed by atoms with E-state index in [1.54, 1.807) is 23.2 Å². The third-order valence-corrected chi connectivity index (χ3v) is 6.06. The Labute approximate surface area is 201 Å². The van der Waals surface area contributed by atoms with Crippen LogP contribution in [0, 0.1) is 0 Å². The number of hydrogen-bond acceptors (Lipinski definition) is 7. The fourth-order valence-corrected chi connectivity index (χ4v) is 4.49. The molecule has 0 saturated heterocycles. The maximum atomic E-state index is 12.0. The molecule has 3 aromatic rings. The molecule has 5 rings (SSSR count). The second-order valence-corrected chi connectivity index (χ2v) is 8.25. The van der Waals surface area contributed by atoms with Crippen molar-refractivity contribution in [2.24, 2.45) is 0 Å². The number of aryl methyl sites for hydroxylation is 1. The Balaban J connectivity index is 1.55. The first kappa shape index (κ1) is 22.5. The zero-order valence-electron chi connectivity index (χ0n) is 19.0. The van der Waals surface area contributed by atoms with Gasteiger partial charge in [-0.3, -0.25) is 0 Å². The fraction of sp³-hybridized carbons (Fsp3) is 0.231. The number of carboxylic acid groups (broad SMARTS) is 1. The monoisotopic (exact) mass is 470 g/mol. The number of carbonyl (C=O) groups excluding carboxylic acids is 1. The number of aromatic carboxylic acids is 1. The highest BCUT2D eigenvalue weighted by Crippen LogP contribution is 2.40. The van der Waals surface area contributed by atoms with Gasteiger partial charge in [-0.05, 0) is 42.7 Å². The SMILES string of the molecule is COC(C1=CC(=C=O)CC=C1)n1nc(C(=O)O)c2c1-c1ccc(OCc3cncnc3)cc1CC2. The molecule has 0 bridgehead atoms. The molecule has 9 nitrogen and oxygen atoms in total. The predicted molar refractivity (Wildman–Crippen MR) is 125 cm³/mol. The molecular formula is C26H22N4O5. The Kier molecular flexibility index (Phi) is 6.10. The van der Waals surface area contributed by atoms with Crippen LogP contribution in [0.15, 0.2) is 66.3 Å². The molecule has 2 aliphatic carbocycles. The number of nitrogens with zero attached hydrogens (tertiary/aromatic N) is 4. The predicted octanol–water partition coefficient (Wildman–Crippen LogP) is 3.51. The van der Waals surface area contributed by atoms with Crippen LogP contribution in [-0.2, 0) is 29.0 Å². The van der Waals surface area contributed by atoms with Gasteiger partial charge in [-0.25, -0.2) is 24.2 Å². The van der Waals surface area contributed by atoms with Crippen molar-refractivity contribution in [2.75, 3.05) is 7.11 Å². The van der Waals surface area contributed by atoms with Crippen LogP contribution in [0.5, 0.6) is 5.75 Å². The molecule has 2 aliphatic rings. The van der Waals surface area contributed by atoms with Gasteiger partial charge in [0.05, 0.1) is 5.69 Å². The minimum atomic E-state index is -1.09. The Morgan fingerprint density at radius 1 is 1.26 bits per heavy atom. The van der Waals surface area contributed by atoms with E-state index in [-0.39, 0.29) is 5.69 Å². The average molecular weight is 470 g/mol. The Morgan fingerprint density at radius 2 is 2.09 bits per heavy atom. The topological polar surface area (TPSA) is 116 Å². The smallest absolute Gasteiger partial charge is 0.356 e. The van der Waals surface area contributed by atoms with E-state index in [1.807, 2.05) is 36.3 Å². The first-order chi connectivity index (χ1) is 17.1. The molecule has 0 fully saturated rings. The first-order valence-corrected chi connectivity index (χ1v) is 11.1. The lowest BCUT2D eigenvalue weighted by atomic mass is 9.88. The molecule has 1 atom stereocenters. The van der Waals surface area contributed by atoms with E-state index in [2.05, 4.69) is 15.1 Å². The van der Waals surface area contributed by atoms with Crippen molar-refractivity contribution in [2.45, 2.75) is 32.1 Å². The minimum Gasteiger partial charge on any atom is -0.489 e. The summed E-state index contributed by atoms with van der Waals surface area (Å²) in [4.78, 5) is 31.2. The molecule has 2 aromatic heterocycles. The lowest BCUT2D eigenvalue weighted by molar-refractivity contribution is 0.0637. The van der Waals surface area contributed by atoms with Crippen LogP contribution in [0.1, 0.15) is 39.8 Å². The average Bonchev–Trinajstić information content (AvgIpc) is 3.28. The van der Waals surface area contributed by atoms with Crippen molar-refractivity contribution in [1.82, 2.24) is 19.7 Å². The van der Waals surface area contributed by atoms with E-state index in [4.69, 9.17) is 9.47 Å². The molecule has 0 spiro atoms. The Bertz CT molecular complexity index is 1400. The molecular weight excluding hydrogens is 448 g/mol. The van der Waals surface area contributed by atoms with Crippen LogP contribution in [0.2, 0.25) is 0 Å². The van der Waals surface area contributed by atoms with Gasteiger partial charge in [-0.2, -0.15) is 5.10 Å². The highest BCUT2D eigenvalue weighted by Gasteiger charge is 2.32. The van der Waals surface area contributed by atoms with Crippen LogP contribution in [0.3, 0.4) is 0 Å². The summed E-state index contributed by atoms with van der Waals surface area (Å²) in [6.07, 6.45) is 11.2. The van der Waals surface area contributed by atoms with E-state index in [0.29, 0.717) is 54.0 Å². The van der Waals surface area contributed by atoms with Gasteiger partial charge in [0, 0.05) is 53.8 Å². The highest BCUT2D eigenvalue weighted by atomic mass is 16.5. The summed E-state index contributed by atoms with van der Waals surface area (Å²) in [5.74, 6) is 1.54. The summed E-state index contributed by atoms with van der Waals surface area (Å²) in [5, 5.41) is 14.3. The number of aromatic nitrogens is 4. The van der Waals surface area contributed by atoms with Gasteiger partial charge in [0.1, 0.15) is 24.6 Å². The molecule has 35 heavy (non-hydrogen) atoms. The molecule has 0 saturated carbocycles. The van der Waals surface area contributed by atoms with Gasteiger partial charge >= 0.3 is 5.97 Å². The normalized spacial score (nSPS) is 15.0. The summed E-state index contributed by atoms with van der Waals surface area (Å²) in [6.45, 7) is 0.338. The van der Waals surface area contributed by atoms with E-state index in [0.717, 1.165) is 16.7 Å². The number of hydrogen-bond donors (Lipinski definition) is 1. The maximum absolute atomic E-state index is 12.0. The van der Waals surface area contributed by atoms with Gasteiger partial charge in [-0.1, -0.05) is 12.2 Å². The minimum absolute atomic E-state index is 0.00338. The second-order valence-electron chi connectivity index (χ2n) is 8.25. The number of carboxylic acids is 1. The van der Waals surface area contributed by atoms with Crippen molar-refractivity contribution < 1.29 is 24.2 Å². The highest BCUT2D eigenvalue weighted by molar-refractivity contribution is 5.90. The summed E-state index contributed by atoms with van der Waals surface area (Å²) in [7, 11) is 1.53. The van der Waals surface area contributed by atoms with Crippen molar-refractivity contribution in [3.05, 3.63) is 88.7 Å². The van der Waals surface area contributed by atoms with Gasteiger partial charge < -0.3 is 14.6 Å². The number of carbonyl (C=O) groups is 1. The molecule has 2 heterocycles. The number of allylic oxidation sites excluding steroid dienone is 3. The number of ether oxygens (including phenoxy) is 2. The number of methoxy groups -OCH3 is 1. The van der Waals surface area contributed by atoms with Crippen molar-refractivity contribution in [1.29, 1.82) is 0 Å². The molecule has 1 unspecified atom stereocenters. The number of rotatable bonds is 7. The van der Waals surface area contributed by atoms with Crippen molar-refractivity contribution in [3.63, 3.8) is 0 Å².